The van der Waals surface area contributed by atoms with Gasteiger partial charge in [-0.25, -0.2) is 4.68 Å². The number of rotatable bonds is 4. The Hall–Kier alpha value is -3.48. The molecule has 2 heterocycles. The summed E-state index contributed by atoms with van der Waals surface area (Å²) in [7, 11) is 0. The average molecular weight is 405 g/mol. The number of carbonyl (C=O) groups excluding carboxylic acids is 1. The molecular formula is C23H23N3O4. The molecule has 154 valence electrons. The van der Waals surface area contributed by atoms with E-state index in [2.05, 4.69) is 5.10 Å². The molecule has 1 aliphatic rings. The van der Waals surface area contributed by atoms with Gasteiger partial charge in [0.25, 0.3) is 11.5 Å². The lowest BCUT2D eigenvalue weighted by molar-refractivity contribution is -0.145. The highest BCUT2D eigenvalue weighted by molar-refractivity contribution is 6.04. The van der Waals surface area contributed by atoms with Crippen molar-refractivity contribution < 1.29 is 14.7 Å². The van der Waals surface area contributed by atoms with Crippen molar-refractivity contribution in [1.82, 2.24) is 14.7 Å². The molecule has 0 aliphatic carbocycles. The summed E-state index contributed by atoms with van der Waals surface area (Å²) in [4.78, 5) is 39.7. The topological polar surface area (TPSA) is 92.5 Å². The maximum absolute atomic E-state index is 13.3. The van der Waals surface area contributed by atoms with Crippen molar-refractivity contribution in [3.63, 3.8) is 0 Å². The maximum Gasteiger partial charge on any atom is 0.314 e. The number of carboxylic acids is 1. The zero-order valence-corrected chi connectivity index (χ0v) is 16.7. The molecule has 1 aromatic heterocycles. The first-order chi connectivity index (χ1) is 14.5. The van der Waals surface area contributed by atoms with E-state index < -0.39 is 11.4 Å². The Morgan fingerprint density at radius 2 is 1.60 bits per heavy atom. The quantitative estimate of drug-likeness (QED) is 0.720. The second kappa shape index (κ2) is 7.74. The normalized spacial score (nSPS) is 15.8. The summed E-state index contributed by atoms with van der Waals surface area (Å²) in [5.74, 6) is -1.15. The summed E-state index contributed by atoms with van der Waals surface area (Å²) < 4.78 is 1.30. The van der Waals surface area contributed by atoms with E-state index >= 15 is 0 Å². The predicted molar refractivity (Wildman–Crippen MR) is 113 cm³/mol. The molecule has 0 spiro atoms. The van der Waals surface area contributed by atoms with Crippen LogP contribution in [0.25, 0.3) is 10.8 Å². The molecule has 3 aromatic rings. The highest BCUT2D eigenvalue weighted by Gasteiger charge is 2.44. The fourth-order valence-electron chi connectivity index (χ4n) is 4.23. The molecular weight excluding hydrogens is 382 g/mol. The Morgan fingerprint density at radius 3 is 2.20 bits per heavy atom. The second-order valence-corrected chi connectivity index (χ2v) is 7.56. The number of piperidine rings is 1. The SMILES string of the molecule is CCn1nc(C(=O)N2CCC(C(=O)O)(c3ccccc3)CC2)c2ccccc2c1=O. The Kier molecular flexibility index (Phi) is 5.11. The van der Waals surface area contributed by atoms with Crippen molar-refractivity contribution in [2.24, 2.45) is 0 Å². The van der Waals surface area contributed by atoms with E-state index in [-0.39, 0.29) is 17.2 Å². The zero-order chi connectivity index (χ0) is 21.3. The Labute approximate surface area is 173 Å². The van der Waals surface area contributed by atoms with E-state index in [0.717, 1.165) is 5.56 Å². The van der Waals surface area contributed by atoms with Crippen LogP contribution in [0.1, 0.15) is 35.8 Å². The van der Waals surface area contributed by atoms with E-state index in [1.807, 2.05) is 30.3 Å². The van der Waals surface area contributed by atoms with Gasteiger partial charge in [0.15, 0.2) is 5.69 Å². The number of benzene rings is 2. The van der Waals surface area contributed by atoms with Crippen LogP contribution in [0.5, 0.6) is 0 Å². The first-order valence-electron chi connectivity index (χ1n) is 10.1. The largest absolute Gasteiger partial charge is 0.481 e. The van der Waals surface area contributed by atoms with E-state index in [1.54, 1.807) is 36.1 Å². The zero-order valence-electron chi connectivity index (χ0n) is 16.7. The lowest BCUT2D eigenvalue weighted by atomic mass is 9.73. The number of nitrogens with zero attached hydrogens (tertiary/aromatic N) is 3. The van der Waals surface area contributed by atoms with Crippen molar-refractivity contribution in [3.8, 4) is 0 Å². The smallest absolute Gasteiger partial charge is 0.314 e. The van der Waals surface area contributed by atoms with Crippen LogP contribution in [0.15, 0.2) is 59.4 Å². The second-order valence-electron chi connectivity index (χ2n) is 7.56. The van der Waals surface area contributed by atoms with Crippen LogP contribution in [0, 0.1) is 0 Å². The minimum absolute atomic E-state index is 0.225. The van der Waals surface area contributed by atoms with Gasteiger partial charge in [0.1, 0.15) is 0 Å². The molecule has 1 saturated heterocycles. The van der Waals surface area contributed by atoms with Gasteiger partial charge < -0.3 is 10.0 Å². The number of likely N-dealkylation sites (tertiary alicyclic amines) is 1. The molecule has 0 radical (unpaired) electrons. The van der Waals surface area contributed by atoms with Gasteiger partial charge in [-0.1, -0.05) is 48.5 Å². The number of carboxylic acid groups (broad SMARTS) is 1. The van der Waals surface area contributed by atoms with E-state index in [9.17, 15) is 19.5 Å². The van der Waals surface area contributed by atoms with Gasteiger partial charge in [0, 0.05) is 25.0 Å². The molecule has 7 nitrogen and oxygen atoms in total. The van der Waals surface area contributed by atoms with Crippen molar-refractivity contribution >= 4 is 22.6 Å². The molecule has 0 saturated carbocycles. The van der Waals surface area contributed by atoms with E-state index in [4.69, 9.17) is 0 Å². The van der Waals surface area contributed by atoms with Gasteiger partial charge in [-0.15, -0.1) is 0 Å². The monoisotopic (exact) mass is 405 g/mol. The minimum atomic E-state index is -1.00. The molecule has 0 atom stereocenters. The fourth-order valence-corrected chi connectivity index (χ4v) is 4.23. The van der Waals surface area contributed by atoms with Crippen LogP contribution in [0.4, 0.5) is 0 Å². The summed E-state index contributed by atoms with van der Waals surface area (Å²) in [5, 5.41) is 15.3. The highest BCUT2D eigenvalue weighted by Crippen LogP contribution is 2.36. The van der Waals surface area contributed by atoms with E-state index in [1.165, 1.54) is 4.68 Å². The molecule has 7 heteroatoms. The Balaban J connectivity index is 1.66. The number of aromatic nitrogens is 2. The lowest BCUT2D eigenvalue weighted by Crippen LogP contribution is -2.49. The van der Waals surface area contributed by atoms with Crippen LogP contribution in [-0.4, -0.2) is 44.8 Å². The van der Waals surface area contributed by atoms with Gasteiger partial charge in [0.2, 0.25) is 0 Å². The van der Waals surface area contributed by atoms with Crippen LogP contribution in [0.2, 0.25) is 0 Å². The van der Waals surface area contributed by atoms with Crippen LogP contribution in [0.3, 0.4) is 0 Å². The van der Waals surface area contributed by atoms with Crippen molar-refractivity contribution in [1.29, 1.82) is 0 Å². The number of hydrogen-bond acceptors (Lipinski definition) is 4. The van der Waals surface area contributed by atoms with Gasteiger partial charge in [-0.05, 0) is 31.4 Å². The summed E-state index contributed by atoms with van der Waals surface area (Å²) in [6.07, 6.45) is 0.646. The summed E-state index contributed by atoms with van der Waals surface area (Å²) in [6.45, 7) is 2.78. The first kappa shape index (κ1) is 19.8. The summed E-state index contributed by atoms with van der Waals surface area (Å²) in [5.41, 5.74) is -0.241. The average Bonchev–Trinajstić information content (AvgIpc) is 2.79. The number of aliphatic carboxylic acids is 1. The number of aryl methyl sites for hydroxylation is 1. The number of hydrogen-bond donors (Lipinski definition) is 1. The van der Waals surface area contributed by atoms with Crippen molar-refractivity contribution in [3.05, 3.63) is 76.2 Å². The molecule has 4 rings (SSSR count). The van der Waals surface area contributed by atoms with Gasteiger partial charge in [-0.3, -0.25) is 14.4 Å². The van der Waals surface area contributed by atoms with Crippen molar-refractivity contribution in [2.45, 2.75) is 31.7 Å². The molecule has 1 N–H and O–H groups in total. The van der Waals surface area contributed by atoms with Crippen LogP contribution >= 0.6 is 0 Å². The molecule has 0 unspecified atom stereocenters. The molecule has 1 fully saturated rings. The number of carbonyl (C=O) groups is 2. The lowest BCUT2D eigenvalue weighted by Gasteiger charge is -2.39. The summed E-state index contributed by atoms with van der Waals surface area (Å²) in [6, 6.07) is 16.2. The van der Waals surface area contributed by atoms with Gasteiger partial charge in [0.05, 0.1) is 10.8 Å². The molecule has 30 heavy (non-hydrogen) atoms. The standard InChI is InChI=1S/C23H23N3O4/c1-2-26-20(27)18-11-7-6-10-17(18)19(24-26)21(28)25-14-12-23(13-15-25,22(29)30)16-8-4-3-5-9-16/h3-11H,2,12-15H2,1H3,(H,29,30). The van der Waals surface area contributed by atoms with Gasteiger partial charge >= 0.3 is 5.97 Å². The summed E-state index contributed by atoms with van der Waals surface area (Å²) >= 11 is 0. The van der Waals surface area contributed by atoms with Crippen LogP contribution < -0.4 is 5.56 Å². The molecule has 1 amide bonds. The van der Waals surface area contributed by atoms with E-state index in [0.29, 0.717) is 43.2 Å². The van der Waals surface area contributed by atoms with Gasteiger partial charge in [-0.2, -0.15) is 5.10 Å². The highest BCUT2D eigenvalue weighted by atomic mass is 16.4. The molecule has 0 bridgehead atoms. The van der Waals surface area contributed by atoms with Crippen LogP contribution in [-0.2, 0) is 16.8 Å². The Bertz CT molecular complexity index is 1160. The van der Waals surface area contributed by atoms with Crippen molar-refractivity contribution in [2.75, 3.05) is 13.1 Å². The molecule has 1 aliphatic heterocycles. The fraction of sp³-hybridized carbons (Fsp3) is 0.304. The maximum atomic E-state index is 13.3. The third-order valence-electron chi connectivity index (χ3n) is 6.01. The first-order valence-corrected chi connectivity index (χ1v) is 10.1. The number of fused-ring (bicyclic) bond motifs is 1. The third-order valence-corrected chi connectivity index (χ3v) is 6.01. The predicted octanol–water partition coefficient (Wildman–Crippen LogP) is 2.68. The molecule has 2 aromatic carbocycles. The number of amides is 1. The minimum Gasteiger partial charge on any atom is -0.481 e. The third kappa shape index (κ3) is 3.16. The Morgan fingerprint density at radius 1 is 1.00 bits per heavy atom.